The van der Waals surface area contributed by atoms with Crippen molar-refractivity contribution in [2.75, 3.05) is 11.7 Å². The summed E-state index contributed by atoms with van der Waals surface area (Å²) < 4.78 is 12.4. The Bertz CT molecular complexity index is 1090. The first kappa shape index (κ1) is 23.1. The number of hydrogen-bond acceptors (Lipinski definition) is 6. The van der Waals surface area contributed by atoms with Crippen molar-refractivity contribution < 1.29 is 23.9 Å². The molecule has 1 aliphatic rings. The normalized spacial score (nSPS) is 13.8. The molecule has 1 aliphatic heterocycles. The zero-order valence-corrected chi connectivity index (χ0v) is 18.8. The second-order valence-electron chi connectivity index (χ2n) is 8.71. The number of carbonyl (C=O) groups is 3. The lowest BCUT2D eigenvalue weighted by molar-refractivity contribution is 0.0423. The summed E-state index contributed by atoms with van der Waals surface area (Å²) in [6, 6.07) is 9.89. The Morgan fingerprint density at radius 3 is 2.38 bits per heavy atom. The molecule has 3 rings (SSSR count). The minimum absolute atomic E-state index is 0.0327. The number of aromatic nitrogens is 1. The third kappa shape index (κ3) is 4.66. The molecular formula is C23H27N3O6. The maximum atomic E-state index is 13.4. The number of benzene rings is 1. The highest BCUT2D eigenvalue weighted by molar-refractivity contribution is 5.99. The number of hydrogen-bond donors (Lipinski definition) is 0. The number of amides is 2. The number of carbonyl (C=O) groups excluding carboxylic acids is 3. The summed E-state index contributed by atoms with van der Waals surface area (Å²) in [4.78, 5) is 52.4. The molecule has 0 spiro atoms. The molecule has 9 heteroatoms. The zero-order chi connectivity index (χ0) is 23.6. The van der Waals surface area contributed by atoms with Gasteiger partial charge in [-0.3, -0.25) is 14.4 Å². The average Bonchev–Trinajstić information content (AvgIpc) is 2.72. The van der Waals surface area contributed by atoms with E-state index >= 15 is 0 Å². The van der Waals surface area contributed by atoms with Crippen LogP contribution >= 0.6 is 0 Å². The number of fused-ring (bicyclic) bond motifs is 1. The van der Waals surface area contributed by atoms with Crippen LogP contribution in [-0.2, 0) is 11.3 Å². The molecule has 2 amide bonds. The predicted octanol–water partition coefficient (Wildman–Crippen LogP) is 2.93. The van der Waals surface area contributed by atoms with Crippen LogP contribution in [0.25, 0.3) is 0 Å². The average molecular weight is 441 g/mol. The van der Waals surface area contributed by atoms with Gasteiger partial charge in [0.25, 0.3) is 5.91 Å². The molecule has 1 aromatic carbocycles. The van der Waals surface area contributed by atoms with E-state index in [9.17, 15) is 19.2 Å². The monoisotopic (exact) mass is 441 g/mol. The van der Waals surface area contributed by atoms with Crippen LogP contribution in [0.15, 0.2) is 41.2 Å². The maximum absolute atomic E-state index is 13.4. The van der Waals surface area contributed by atoms with Gasteiger partial charge in [-0.05, 0) is 40.2 Å². The van der Waals surface area contributed by atoms with Crippen LogP contribution in [0.5, 0.6) is 5.75 Å². The van der Waals surface area contributed by atoms with Crippen molar-refractivity contribution >= 4 is 18.3 Å². The van der Waals surface area contributed by atoms with Crippen LogP contribution in [0, 0.1) is 0 Å². The van der Waals surface area contributed by atoms with Gasteiger partial charge in [0.1, 0.15) is 24.6 Å². The standard InChI is InChI=1S/C23H27N3O6/c1-15(2)24-14-25(22(30)32-23(3,4)5)26-17(12-27)11-18(28)20(19(26)21(24)29)31-13-16-9-7-6-8-10-16/h6-12,15H,13-14H2,1-5H3. The quantitative estimate of drug-likeness (QED) is 0.662. The maximum Gasteiger partial charge on any atom is 0.431 e. The third-order valence-corrected chi connectivity index (χ3v) is 4.74. The molecule has 170 valence electrons. The highest BCUT2D eigenvalue weighted by Crippen LogP contribution is 2.26. The SMILES string of the molecule is CC(C)N1CN(C(=O)OC(C)(C)C)n2c(C=O)cc(=O)c(OCc3ccccc3)c2C1=O. The first-order valence-corrected chi connectivity index (χ1v) is 10.3. The summed E-state index contributed by atoms with van der Waals surface area (Å²) in [5.74, 6) is -0.757. The molecule has 0 unspecified atom stereocenters. The molecule has 2 heterocycles. The summed E-state index contributed by atoms with van der Waals surface area (Å²) in [6.07, 6.45) is -0.348. The van der Waals surface area contributed by atoms with E-state index in [1.54, 1.807) is 34.6 Å². The number of aldehydes is 1. The number of pyridine rings is 1. The lowest BCUT2D eigenvalue weighted by Gasteiger charge is -2.41. The third-order valence-electron chi connectivity index (χ3n) is 4.74. The van der Waals surface area contributed by atoms with Gasteiger partial charge >= 0.3 is 6.09 Å². The Balaban J connectivity index is 2.17. The van der Waals surface area contributed by atoms with Crippen molar-refractivity contribution in [3.8, 4) is 5.75 Å². The minimum Gasteiger partial charge on any atom is -0.482 e. The van der Waals surface area contributed by atoms with Gasteiger partial charge in [0.2, 0.25) is 5.43 Å². The molecule has 9 nitrogen and oxygen atoms in total. The molecular weight excluding hydrogens is 414 g/mol. The Kier molecular flexibility index (Phi) is 6.38. The Morgan fingerprint density at radius 1 is 1.16 bits per heavy atom. The summed E-state index contributed by atoms with van der Waals surface area (Å²) in [5.41, 5.74) is -0.995. The van der Waals surface area contributed by atoms with Gasteiger partial charge < -0.3 is 14.4 Å². The highest BCUT2D eigenvalue weighted by atomic mass is 16.6. The van der Waals surface area contributed by atoms with Crippen LogP contribution in [0.1, 0.15) is 61.2 Å². The fourth-order valence-electron chi connectivity index (χ4n) is 3.26. The fourth-order valence-corrected chi connectivity index (χ4v) is 3.26. The number of rotatable bonds is 5. The largest absolute Gasteiger partial charge is 0.482 e. The van der Waals surface area contributed by atoms with E-state index in [0.717, 1.165) is 21.3 Å². The smallest absolute Gasteiger partial charge is 0.431 e. The van der Waals surface area contributed by atoms with E-state index in [0.29, 0.717) is 6.29 Å². The molecule has 1 aromatic heterocycles. The summed E-state index contributed by atoms with van der Waals surface area (Å²) in [6.45, 7) is 8.58. The van der Waals surface area contributed by atoms with E-state index in [4.69, 9.17) is 9.47 Å². The molecule has 0 radical (unpaired) electrons. The Labute approximate surface area is 186 Å². The van der Waals surface area contributed by atoms with Crippen molar-refractivity contribution in [2.24, 2.45) is 0 Å². The van der Waals surface area contributed by atoms with E-state index in [1.807, 2.05) is 30.3 Å². The predicted molar refractivity (Wildman–Crippen MR) is 117 cm³/mol. The van der Waals surface area contributed by atoms with Gasteiger partial charge in [0, 0.05) is 12.1 Å². The fraction of sp³-hybridized carbons (Fsp3) is 0.391. The molecule has 32 heavy (non-hydrogen) atoms. The minimum atomic E-state index is -0.811. The van der Waals surface area contributed by atoms with Crippen molar-refractivity contribution in [1.82, 2.24) is 9.58 Å². The van der Waals surface area contributed by atoms with Gasteiger partial charge in [-0.2, -0.15) is 5.01 Å². The second kappa shape index (κ2) is 8.86. The van der Waals surface area contributed by atoms with Crippen molar-refractivity contribution in [2.45, 2.75) is 52.9 Å². The molecule has 0 N–H and O–H groups in total. The molecule has 0 atom stereocenters. The number of ether oxygens (including phenoxy) is 2. The molecule has 0 aliphatic carbocycles. The van der Waals surface area contributed by atoms with Gasteiger partial charge in [-0.15, -0.1) is 0 Å². The van der Waals surface area contributed by atoms with E-state index in [2.05, 4.69) is 0 Å². The van der Waals surface area contributed by atoms with Crippen LogP contribution < -0.4 is 15.2 Å². The number of nitrogens with zero attached hydrogens (tertiary/aromatic N) is 3. The first-order chi connectivity index (χ1) is 15.0. The Morgan fingerprint density at radius 2 is 1.81 bits per heavy atom. The summed E-state index contributed by atoms with van der Waals surface area (Å²) in [7, 11) is 0. The van der Waals surface area contributed by atoms with Gasteiger partial charge in [-0.1, -0.05) is 30.3 Å². The molecule has 2 aromatic rings. The lowest BCUT2D eigenvalue weighted by atomic mass is 10.2. The van der Waals surface area contributed by atoms with Crippen molar-refractivity contribution in [3.63, 3.8) is 0 Å². The highest BCUT2D eigenvalue weighted by Gasteiger charge is 2.40. The molecule has 0 bridgehead atoms. The van der Waals surface area contributed by atoms with Crippen LogP contribution in [0.4, 0.5) is 4.79 Å². The van der Waals surface area contributed by atoms with Crippen molar-refractivity contribution in [1.29, 1.82) is 0 Å². The van der Waals surface area contributed by atoms with Crippen LogP contribution in [0.2, 0.25) is 0 Å². The molecule has 0 fully saturated rings. The molecule has 0 saturated heterocycles. The summed E-state index contributed by atoms with van der Waals surface area (Å²) >= 11 is 0. The van der Waals surface area contributed by atoms with Crippen LogP contribution in [0.3, 0.4) is 0 Å². The van der Waals surface area contributed by atoms with E-state index < -0.39 is 23.0 Å². The topological polar surface area (TPSA) is 98.2 Å². The van der Waals surface area contributed by atoms with E-state index in [1.165, 1.54) is 4.90 Å². The van der Waals surface area contributed by atoms with Crippen molar-refractivity contribution in [3.05, 3.63) is 63.6 Å². The second-order valence-corrected chi connectivity index (χ2v) is 8.71. The van der Waals surface area contributed by atoms with E-state index in [-0.39, 0.29) is 36.5 Å². The summed E-state index contributed by atoms with van der Waals surface area (Å²) in [5, 5.41) is 1.13. The van der Waals surface area contributed by atoms with Gasteiger partial charge in [0.05, 0.1) is 0 Å². The van der Waals surface area contributed by atoms with Crippen LogP contribution in [-0.4, -0.2) is 46.2 Å². The lowest BCUT2D eigenvalue weighted by Crippen LogP contribution is -2.59. The zero-order valence-electron chi connectivity index (χ0n) is 18.8. The Hall–Kier alpha value is -3.62. The first-order valence-electron chi connectivity index (χ1n) is 10.3. The molecule has 0 saturated carbocycles. The van der Waals surface area contributed by atoms with Gasteiger partial charge in [-0.25, -0.2) is 9.47 Å². The van der Waals surface area contributed by atoms with Gasteiger partial charge in [0.15, 0.2) is 17.7 Å².